The van der Waals surface area contributed by atoms with Gasteiger partial charge in [0.05, 0.1) is 5.92 Å². The standard InChI is InChI=1S/C14H20N4O/c1-9-16-17-12-7-10(8-18(9)12)13(19)15-11-3-2-4-14(11)5-6-14/h10-11H,2-8H2,1H3,(H,15,19). The second-order valence-corrected chi connectivity index (χ2v) is 6.49. The molecule has 2 atom stereocenters. The number of aryl methyl sites for hydroxylation is 1. The van der Waals surface area contributed by atoms with Crippen molar-refractivity contribution in [2.75, 3.05) is 0 Å². The Hall–Kier alpha value is -1.39. The van der Waals surface area contributed by atoms with Crippen molar-refractivity contribution >= 4 is 5.91 Å². The van der Waals surface area contributed by atoms with E-state index in [2.05, 4.69) is 20.1 Å². The summed E-state index contributed by atoms with van der Waals surface area (Å²) in [6, 6.07) is 0.437. The monoisotopic (exact) mass is 260 g/mol. The molecule has 3 aliphatic rings. The van der Waals surface area contributed by atoms with Gasteiger partial charge in [-0.05, 0) is 38.0 Å². The molecule has 2 fully saturated rings. The summed E-state index contributed by atoms with van der Waals surface area (Å²) in [7, 11) is 0. The molecular formula is C14H20N4O. The van der Waals surface area contributed by atoms with E-state index in [4.69, 9.17) is 0 Å². The van der Waals surface area contributed by atoms with Crippen LogP contribution in [0.2, 0.25) is 0 Å². The zero-order chi connectivity index (χ0) is 13.0. The topological polar surface area (TPSA) is 59.8 Å². The number of fused-ring (bicyclic) bond motifs is 1. The van der Waals surface area contributed by atoms with Gasteiger partial charge in [0.2, 0.25) is 5.91 Å². The van der Waals surface area contributed by atoms with E-state index in [0.29, 0.717) is 11.5 Å². The van der Waals surface area contributed by atoms with Crippen LogP contribution in [0.1, 0.15) is 43.8 Å². The van der Waals surface area contributed by atoms with Crippen molar-refractivity contribution < 1.29 is 4.79 Å². The Bertz CT molecular complexity index is 532. The minimum Gasteiger partial charge on any atom is -0.353 e. The van der Waals surface area contributed by atoms with Gasteiger partial charge in [-0.1, -0.05) is 6.42 Å². The molecule has 1 aromatic heterocycles. The van der Waals surface area contributed by atoms with Gasteiger partial charge in [-0.15, -0.1) is 10.2 Å². The van der Waals surface area contributed by atoms with E-state index >= 15 is 0 Å². The van der Waals surface area contributed by atoms with Crippen molar-refractivity contribution in [2.24, 2.45) is 11.3 Å². The zero-order valence-corrected chi connectivity index (χ0v) is 11.4. The maximum Gasteiger partial charge on any atom is 0.225 e. The number of carbonyl (C=O) groups excluding carboxylic acids is 1. The lowest BCUT2D eigenvalue weighted by Crippen LogP contribution is -2.42. The number of carbonyl (C=O) groups is 1. The molecule has 5 heteroatoms. The summed E-state index contributed by atoms with van der Waals surface area (Å²) in [5.41, 5.74) is 0.485. The molecule has 1 aliphatic heterocycles. The van der Waals surface area contributed by atoms with Crippen LogP contribution >= 0.6 is 0 Å². The molecule has 1 aromatic rings. The van der Waals surface area contributed by atoms with Crippen LogP contribution in [0.4, 0.5) is 0 Å². The first kappa shape index (κ1) is 11.4. The van der Waals surface area contributed by atoms with Gasteiger partial charge in [-0.2, -0.15) is 0 Å². The highest BCUT2D eigenvalue weighted by Gasteiger charge is 2.52. The number of nitrogens with one attached hydrogen (secondary N) is 1. The third-order valence-electron chi connectivity index (χ3n) is 5.33. The second-order valence-electron chi connectivity index (χ2n) is 6.49. The van der Waals surface area contributed by atoms with Crippen molar-refractivity contribution in [1.82, 2.24) is 20.1 Å². The van der Waals surface area contributed by atoms with Crippen molar-refractivity contribution in [2.45, 2.75) is 58.0 Å². The Morgan fingerprint density at radius 1 is 1.37 bits per heavy atom. The van der Waals surface area contributed by atoms with Crippen LogP contribution < -0.4 is 5.32 Å². The van der Waals surface area contributed by atoms with Crippen molar-refractivity contribution in [3.05, 3.63) is 11.6 Å². The summed E-state index contributed by atoms with van der Waals surface area (Å²) in [5.74, 6) is 2.17. The molecule has 1 N–H and O–H groups in total. The van der Waals surface area contributed by atoms with Crippen molar-refractivity contribution in [3.8, 4) is 0 Å². The van der Waals surface area contributed by atoms with E-state index in [9.17, 15) is 4.79 Å². The Balaban J connectivity index is 1.43. The van der Waals surface area contributed by atoms with Gasteiger partial charge in [-0.25, -0.2) is 0 Å². The summed E-state index contributed by atoms with van der Waals surface area (Å²) in [5, 5.41) is 11.5. The van der Waals surface area contributed by atoms with Crippen LogP contribution in [-0.2, 0) is 17.8 Å². The van der Waals surface area contributed by atoms with Gasteiger partial charge < -0.3 is 9.88 Å². The number of hydrogen-bond acceptors (Lipinski definition) is 3. The molecule has 0 aromatic carbocycles. The highest BCUT2D eigenvalue weighted by Crippen LogP contribution is 2.57. The van der Waals surface area contributed by atoms with Gasteiger partial charge >= 0.3 is 0 Å². The van der Waals surface area contributed by atoms with E-state index in [1.165, 1.54) is 32.1 Å². The lowest BCUT2D eigenvalue weighted by atomic mass is 9.99. The number of hydrogen-bond donors (Lipinski definition) is 1. The van der Waals surface area contributed by atoms with Crippen LogP contribution in [-0.4, -0.2) is 26.7 Å². The molecule has 1 amide bonds. The zero-order valence-electron chi connectivity index (χ0n) is 11.4. The minimum atomic E-state index is 0.0561. The van der Waals surface area contributed by atoms with Gasteiger partial charge in [0, 0.05) is 19.0 Å². The molecule has 0 bridgehead atoms. The maximum atomic E-state index is 12.4. The van der Waals surface area contributed by atoms with E-state index in [0.717, 1.165) is 24.6 Å². The SMILES string of the molecule is Cc1nnc2n1CC(C(=O)NC1CCCC13CC3)C2. The molecule has 19 heavy (non-hydrogen) atoms. The average Bonchev–Trinajstić information content (AvgIpc) is 2.73. The van der Waals surface area contributed by atoms with Gasteiger partial charge in [0.1, 0.15) is 11.6 Å². The number of aromatic nitrogens is 3. The largest absolute Gasteiger partial charge is 0.353 e. The van der Waals surface area contributed by atoms with Crippen LogP contribution in [0.5, 0.6) is 0 Å². The summed E-state index contributed by atoms with van der Waals surface area (Å²) >= 11 is 0. The van der Waals surface area contributed by atoms with Crippen LogP contribution in [0.3, 0.4) is 0 Å². The normalized spacial score (nSPS) is 30.6. The molecule has 0 radical (unpaired) electrons. The Labute approximate surface area is 112 Å². The van der Waals surface area contributed by atoms with E-state index < -0.39 is 0 Å². The van der Waals surface area contributed by atoms with Gasteiger partial charge in [-0.3, -0.25) is 4.79 Å². The number of rotatable bonds is 2. The first-order valence-corrected chi connectivity index (χ1v) is 7.37. The molecule has 5 nitrogen and oxygen atoms in total. The van der Waals surface area contributed by atoms with E-state index in [1.807, 2.05) is 6.92 Å². The maximum absolute atomic E-state index is 12.4. The highest BCUT2D eigenvalue weighted by atomic mass is 16.2. The summed E-state index contributed by atoms with van der Waals surface area (Å²) < 4.78 is 2.08. The Morgan fingerprint density at radius 3 is 2.95 bits per heavy atom. The molecular weight excluding hydrogens is 240 g/mol. The fourth-order valence-electron chi connectivity index (χ4n) is 3.91. The molecule has 0 saturated heterocycles. The molecule has 4 rings (SSSR count). The van der Waals surface area contributed by atoms with Crippen LogP contribution in [0.15, 0.2) is 0 Å². The lowest BCUT2D eigenvalue weighted by molar-refractivity contribution is -0.126. The van der Waals surface area contributed by atoms with E-state index in [-0.39, 0.29) is 11.8 Å². The number of nitrogens with zero attached hydrogens (tertiary/aromatic N) is 3. The lowest BCUT2D eigenvalue weighted by Gasteiger charge is -2.22. The molecule has 102 valence electrons. The van der Waals surface area contributed by atoms with Crippen LogP contribution in [0, 0.1) is 18.3 Å². The molecule has 1 spiro atoms. The first-order valence-electron chi connectivity index (χ1n) is 7.37. The fourth-order valence-corrected chi connectivity index (χ4v) is 3.91. The fraction of sp³-hybridized carbons (Fsp3) is 0.786. The molecule has 2 heterocycles. The van der Waals surface area contributed by atoms with Crippen molar-refractivity contribution in [1.29, 1.82) is 0 Å². The van der Waals surface area contributed by atoms with Crippen LogP contribution in [0.25, 0.3) is 0 Å². The summed E-state index contributed by atoms with van der Waals surface area (Å²) in [4.78, 5) is 12.4. The molecule has 2 saturated carbocycles. The van der Waals surface area contributed by atoms with E-state index in [1.54, 1.807) is 0 Å². The third-order valence-corrected chi connectivity index (χ3v) is 5.33. The Morgan fingerprint density at radius 2 is 2.21 bits per heavy atom. The van der Waals surface area contributed by atoms with Crippen molar-refractivity contribution in [3.63, 3.8) is 0 Å². The predicted octanol–water partition coefficient (Wildman–Crippen LogP) is 1.21. The summed E-state index contributed by atoms with van der Waals surface area (Å²) in [6.45, 7) is 2.70. The smallest absolute Gasteiger partial charge is 0.225 e. The Kier molecular flexibility index (Phi) is 2.29. The van der Waals surface area contributed by atoms with Gasteiger partial charge in [0.25, 0.3) is 0 Å². The highest BCUT2D eigenvalue weighted by molar-refractivity contribution is 5.79. The second kappa shape index (κ2) is 3.81. The minimum absolute atomic E-state index is 0.0561. The quantitative estimate of drug-likeness (QED) is 0.869. The number of amides is 1. The predicted molar refractivity (Wildman–Crippen MR) is 69.4 cm³/mol. The third kappa shape index (κ3) is 1.70. The molecule has 2 aliphatic carbocycles. The van der Waals surface area contributed by atoms with Gasteiger partial charge in [0.15, 0.2) is 0 Å². The summed E-state index contributed by atoms with van der Waals surface area (Å²) in [6.07, 6.45) is 7.13. The average molecular weight is 260 g/mol. The molecule has 2 unspecified atom stereocenters. The first-order chi connectivity index (χ1) is 9.18.